The Hall–Kier alpha value is -1.23. The van der Waals surface area contributed by atoms with Gasteiger partial charge in [-0.05, 0) is 18.6 Å². The molecule has 5 heteroatoms. The molecule has 1 aromatic carbocycles. The average molecular weight is 300 g/mol. The fraction of sp³-hybridized carbons (Fsp3) is 0.533. The monoisotopic (exact) mass is 300 g/mol. The van der Waals surface area contributed by atoms with Crippen molar-refractivity contribution in [1.29, 1.82) is 0 Å². The van der Waals surface area contributed by atoms with Gasteiger partial charge >= 0.3 is 0 Å². The molecule has 0 spiro atoms. The largest absolute Gasteiger partial charge is 0.389 e. The van der Waals surface area contributed by atoms with E-state index in [9.17, 15) is 8.78 Å². The van der Waals surface area contributed by atoms with E-state index in [1.54, 1.807) is 0 Å². The predicted octanol–water partition coefficient (Wildman–Crippen LogP) is 4.37. The van der Waals surface area contributed by atoms with Crippen LogP contribution in [0.5, 0.6) is 0 Å². The molecule has 0 fully saturated rings. The summed E-state index contributed by atoms with van der Waals surface area (Å²) < 4.78 is 27.5. The molecule has 0 saturated heterocycles. The van der Waals surface area contributed by atoms with Gasteiger partial charge in [-0.1, -0.05) is 51.2 Å². The molecule has 0 aliphatic carbocycles. The van der Waals surface area contributed by atoms with E-state index < -0.39 is 11.6 Å². The molecule has 0 aromatic heterocycles. The van der Waals surface area contributed by atoms with Crippen molar-refractivity contribution < 1.29 is 8.78 Å². The van der Waals surface area contributed by atoms with Crippen LogP contribution in [-0.4, -0.2) is 11.5 Å². The second-order valence-corrected chi connectivity index (χ2v) is 5.31. The van der Waals surface area contributed by atoms with Crippen LogP contribution in [0.15, 0.2) is 12.1 Å². The highest BCUT2D eigenvalue weighted by molar-refractivity contribution is 7.80. The number of hydrogen-bond donors (Lipinski definition) is 2. The number of nitrogens with one attached hydrogen (secondary N) is 1. The van der Waals surface area contributed by atoms with Gasteiger partial charge in [0, 0.05) is 12.1 Å². The summed E-state index contributed by atoms with van der Waals surface area (Å²) in [6, 6.07) is 2.32. The summed E-state index contributed by atoms with van der Waals surface area (Å²) in [6.07, 6.45) is 6.82. The average Bonchev–Trinajstić information content (AvgIpc) is 2.40. The van der Waals surface area contributed by atoms with E-state index in [1.165, 1.54) is 25.7 Å². The summed E-state index contributed by atoms with van der Waals surface area (Å²) in [6.45, 7) is 2.73. The molecular formula is C15H22F2N2S. The minimum Gasteiger partial charge on any atom is -0.389 e. The number of nitrogens with two attached hydrogens (primary N) is 1. The predicted molar refractivity (Wildman–Crippen MR) is 84.1 cm³/mol. The molecule has 0 heterocycles. The molecule has 3 N–H and O–H groups in total. The van der Waals surface area contributed by atoms with Gasteiger partial charge < -0.3 is 11.1 Å². The first-order valence-electron chi connectivity index (χ1n) is 7.09. The minimum absolute atomic E-state index is 0.00901. The summed E-state index contributed by atoms with van der Waals surface area (Å²) in [7, 11) is 0. The molecule has 0 unspecified atom stereocenters. The van der Waals surface area contributed by atoms with Gasteiger partial charge in [-0.15, -0.1) is 0 Å². The Bertz CT molecular complexity index is 426. The summed E-state index contributed by atoms with van der Waals surface area (Å²) in [4.78, 5) is -0.00901. The highest BCUT2D eigenvalue weighted by Gasteiger charge is 2.11. The first-order valence-corrected chi connectivity index (χ1v) is 7.49. The van der Waals surface area contributed by atoms with Crippen molar-refractivity contribution in [2.24, 2.45) is 5.73 Å². The van der Waals surface area contributed by atoms with Crippen LogP contribution in [0.25, 0.3) is 0 Å². The molecule has 0 aliphatic heterocycles. The van der Waals surface area contributed by atoms with E-state index in [0.717, 1.165) is 25.0 Å². The molecule has 1 aromatic rings. The number of thiocarbonyl (C=S) groups is 1. The summed E-state index contributed by atoms with van der Waals surface area (Å²) in [5.74, 6) is -1.31. The van der Waals surface area contributed by atoms with Crippen molar-refractivity contribution in [2.75, 3.05) is 11.9 Å². The van der Waals surface area contributed by atoms with Crippen molar-refractivity contribution in [3.8, 4) is 0 Å². The van der Waals surface area contributed by atoms with E-state index in [0.29, 0.717) is 6.54 Å². The molecular weight excluding hydrogens is 278 g/mol. The number of unbranched alkanes of at least 4 members (excludes halogenated alkanes) is 5. The van der Waals surface area contributed by atoms with Crippen molar-refractivity contribution in [1.82, 2.24) is 0 Å². The van der Waals surface area contributed by atoms with Gasteiger partial charge in [0.25, 0.3) is 0 Å². The van der Waals surface area contributed by atoms with E-state index in [-0.39, 0.29) is 16.2 Å². The van der Waals surface area contributed by atoms with Crippen LogP contribution in [0, 0.1) is 11.6 Å². The van der Waals surface area contributed by atoms with Gasteiger partial charge in [0.2, 0.25) is 0 Å². The van der Waals surface area contributed by atoms with E-state index in [1.807, 2.05) is 0 Å². The van der Waals surface area contributed by atoms with Gasteiger partial charge in [-0.2, -0.15) is 0 Å². The van der Waals surface area contributed by atoms with E-state index in [4.69, 9.17) is 18.0 Å². The zero-order chi connectivity index (χ0) is 15.0. The number of benzene rings is 1. The fourth-order valence-electron chi connectivity index (χ4n) is 2.00. The minimum atomic E-state index is -0.654. The van der Waals surface area contributed by atoms with Crippen LogP contribution in [0.4, 0.5) is 14.5 Å². The lowest BCUT2D eigenvalue weighted by Crippen LogP contribution is -2.12. The Balaban J connectivity index is 2.42. The van der Waals surface area contributed by atoms with Crippen molar-refractivity contribution in [3.63, 3.8) is 0 Å². The third-order valence-electron chi connectivity index (χ3n) is 3.16. The quantitative estimate of drug-likeness (QED) is 0.525. The lowest BCUT2D eigenvalue weighted by Gasteiger charge is -2.10. The third kappa shape index (κ3) is 5.41. The topological polar surface area (TPSA) is 38.0 Å². The molecule has 2 nitrogen and oxygen atoms in total. The third-order valence-corrected chi connectivity index (χ3v) is 3.39. The maximum atomic E-state index is 13.7. The van der Waals surface area contributed by atoms with Crippen LogP contribution >= 0.6 is 12.2 Å². The SMILES string of the molecule is CCCCCCCCNc1c(F)cc(C(N)=S)cc1F. The van der Waals surface area contributed by atoms with Crippen molar-refractivity contribution >= 4 is 22.9 Å². The smallest absolute Gasteiger partial charge is 0.150 e. The Morgan fingerprint density at radius 3 is 2.20 bits per heavy atom. The molecule has 0 amide bonds. The van der Waals surface area contributed by atoms with Crippen LogP contribution in [-0.2, 0) is 0 Å². The van der Waals surface area contributed by atoms with Crippen LogP contribution in [0.1, 0.15) is 51.0 Å². The summed E-state index contributed by atoms with van der Waals surface area (Å²) in [5, 5.41) is 2.80. The normalized spacial score (nSPS) is 10.6. The molecule has 0 atom stereocenters. The van der Waals surface area contributed by atoms with E-state index in [2.05, 4.69) is 12.2 Å². The van der Waals surface area contributed by atoms with Gasteiger partial charge in [-0.25, -0.2) is 8.78 Å². The first-order chi connectivity index (χ1) is 9.56. The number of rotatable bonds is 9. The van der Waals surface area contributed by atoms with Crippen LogP contribution in [0.2, 0.25) is 0 Å². The highest BCUT2D eigenvalue weighted by Crippen LogP contribution is 2.21. The molecule has 20 heavy (non-hydrogen) atoms. The van der Waals surface area contributed by atoms with Gasteiger partial charge in [0.1, 0.15) is 22.3 Å². The Morgan fingerprint density at radius 2 is 1.65 bits per heavy atom. The lowest BCUT2D eigenvalue weighted by atomic mass is 10.1. The Labute approximate surface area is 124 Å². The summed E-state index contributed by atoms with van der Waals surface area (Å²) in [5.41, 5.74) is 5.47. The zero-order valence-electron chi connectivity index (χ0n) is 11.8. The fourth-order valence-corrected chi connectivity index (χ4v) is 2.12. The van der Waals surface area contributed by atoms with E-state index >= 15 is 0 Å². The van der Waals surface area contributed by atoms with Gasteiger partial charge in [-0.3, -0.25) is 0 Å². The molecule has 0 radical (unpaired) electrons. The Kier molecular flexibility index (Phi) is 7.44. The number of anilines is 1. The molecule has 0 bridgehead atoms. The first kappa shape index (κ1) is 16.8. The molecule has 112 valence electrons. The van der Waals surface area contributed by atoms with Crippen molar-refractivity contribution in [2.45, 2.75) is 45.4 Å². The zero-order valence-corrected chi connectivity index (χ0v) is 12.7. The molecule has 1 rings (SSSR count). The highest BCUT2D eigenvalue weighted by atomic mass is 32.1. The van der Waals surface area contributed by atoms with Gasteiger partial charge in [0.15, 0.2) is 0 Å². The maximum absolute atomic E-state index is 13.7. The molecule has 0 saturated carbocycles. The Morgan fingerprint density at radius 1 is 1.10 bits per heavy atom. The molecule has 0 aliphatic rings. The second kappa shape index (κ2) is 8.84. The summed E-state index contributed by atoms with van der Waals surface area (Å²) >= 11 is 4.71. The number of hydrogen-bond acceptors (Lipinski definition) is 2. The van der Waals surface area contributed by atoms with Crippen LogP contribution in [0.3, 0.4) is 0 Å². The number of halogens is 2. The second-order valence-electron chi connectivity index (χ2n) is 4.87. The standard InChI is InChI=1S/C15H22F2N2S/c1-2-3-4-5-6-7-8-19-14-12(16)9-11(15(18)20)10-13(14)17/h9-10,19H,2-8H2,1H3,(H2,18,20). The van der Waals surface area contributed by atoms with Crippen LogP contribution < -0.4 is 11.1 Å². The van der Waals surface area contributed by atoms with Crippen molar-refractivity contribution in [3.05, 3.63) is 29.3 Å². The van der Waals surface area contributed by atoms with Gasteiger partial charge in [0.05, 0.1) is 0 Å². The lowest BCUT2D eigenvalue weighted by molar-refractivity contribution is 0.583. The maximum Gasteiger partial charge on any atom is 0.150 e.